The molecule has 0 bridgehead atoms. The number of hydrogen-bond donors (Lipinski definition) is 0. The molecule has 0 aromatic heterocycles. The molecule has 21 aromatic rings. The summed E-state index contributed by atoms with van der Waals surface area (Å²) in [6.07, 6.45) is 0. The van der Waals surface area contributed by atoms with Crippen LogP contribution in [0.3, 0.4) is 0 Å². The van der Waals surface area contributed by atoms with E-state index in [1.807, 2.05) is 12.1 Å². The SMILES string of the molecule is Cc1ccc(N(c2ccc3ccccc3c2)c2cccc3ccccc23)cc1.Cc1ccc(N(c2cccc3ccccc23)c2cccc3ccccc23)cc1.Cc1ccc(N(c2ccccc2)c2ccc3ccccc3c2)cc1.Cc1ccc(N(c2ccccc2)c2cccc3ccccc23)cc1.Cc1ccc(N(c2ccccc2)c2ccccc2)cc1. The Morgan fingerprint density at radius 2 is 0.290 bits per heavy atom. The van der Waals surface area contributed by atoms with Crippen molar-refractivity contribution in [1.29, 1.82) is 0 Å². The molecule has 0 saturated heterocycles. The van der Waals surface area contributed by atoms with Gasteiger partial charge in [-0.2, -0.15) is 0 Å². The summed E-state index contributed by atoms with van der Waals surface area (Å²) in [5.41, 5.74) is 24.0. The Hall–Kier alpha value is -15.8. The predicted molar refractivity (Wildman–Crippen MR) is 534 cm³/mol. The van der Waals surface area contributed by atoms with Crippen molar-refractivity contribution in [2.45, 2.75) is 34.6 Å². The summed E-state index contributed by atoms with van der Waals surface area (Å²) in [5, 5.41) is 15.0. The largest absolute Gasteiger partial charge is 0.311 e. The molecule has 0 unspecified atom stereocenters. The Morgan fingerprint density at radius 3 is 0.581 bits per heavy atom. The predicted octanol–water partition coefficient (Wildman–Crippen LogP) is 34.2. The molecular formula is C119H97N5. The zero-order valence-electron chi connectivity index (χ0n) is 70.6. The van der Waals surface area contributed by atoms with Crippen LogP contribution in [0.5, 0.6) is 0 Å². The number of aryl methyl sites for hydroxylation is 5. The first-order valence-corrected chi connectivity index (χ1v) is 42.5. The van der Waals surface area contributed by atoms with Crippen molar-refractivity contribution in [3.05, 3.63) is 525 Å². The third kappa shape index (κ3) is 18.8. The van der Waals surface area contributed by atoms with Crippen LogP contribution in [0, 0.1) is 34.6 Å². The average Bonchev–Trinajstić information content (AvgIpc) is 0.769. The van der Waals surface area contributed by atoms with Gasteiger partial charge in [0.2, 0.25) is 0 Å². The Labute approximate surface area is 729 Å². The molecule has 21 rings (SSSR count). The zero-order valence-corrected chi connectivity index (χ0v) is 70.6. The summed E-state index contributed by atoms with van der Waals surface area (Å²) < 4.78 is 0. The van der Waals surface area contributed by atoms with Crippen molar-refractivity contribution in [3.8, 4) is 0 Å². The molecule has 0 heterocycles. The number of rotatable bonds is 15. The Morgan fingerprint density at radius 1 is 0.113 bits per heavy atom. The van der Waals surface area contributed by atoms with E-state index in [0.717, 1.165) is 17.1 Å². The molecule has 0 fully saturated rings. The molecule has 0 N–H and O–H groups in total. The Kier molecular flexibility index (Phi) is 25.0. The van der Waals surface area contributed by atoms with E-state index < -0.39 is 0 Å². The van der Waals surface area contributed by atoms with Crippen LogP contribution in [0.25, 0.3) is 64.6 Å². The fourth-order valence-corrected chi connectivity index (χ4v) is 16.2. The van der Waals surface area contributed by atoms with Gasteiger partial charge in [0.15, 0.2) is 0 Å². The van der Waals surface area contributed by atoms with Crippen molar-refractivity contribution in [2.24, 2.45) is 0 Å². The van der Waals surface area contributed by atoms with Gasteiger partial charge in [-0.05, 0) is 235 Å². The lowest BCUT2D eigenvalue weighted by Gasteiger charge is -2.28. The normalized spacial score (nSPS) is 10.8. The minimum absolute atomic E-state index is 1.16. The number of para-hydroxylation sites is 4. The van der Waals surface area contributed by atoms with E-state index in [0.29, 0.717) is 0 Å². The molecule has 0 saturated carbocycles. The van der Waals surface area contributed by atoms with Gasteiger partial charge in [-0.1, -0.05) is 368 Å². The molecule has 0 aliphatic heterocycles. The van der Waals surface area contributed by atoms with Gasteiger partial charge in [-0.15, -0.1) is 0 Å². The average molecular weight is 1600 g/mol. The van der Waals surface area contributed by atoms with E-state index in [1.165, 1.54) is 161 Å². The lowest BCUT2D eigenvalue weighted by atomic mass is 10.0. The lowest BCUT2D eigenvalue weighted by molar-refractivity contribution is 1.27. The van der Waals surface area contributed by atoms with Crippen molar-refractivity contribution < 1.29 is 0 Å². The van der Waals surface area contributed by atoms with E-state index in [2.05, 4.69) is 544 Å². The molecule has 0 atom stereocenters. The van der Waals surface area contributed by atoms with Crippen LogP contribution in [0.2, 0.25) is 0 Å². The third-order valence-electron chi connectivity index (χ3n) is 22.5. The van der Waals surface area contributed by atoms with Crippen LogP contribution in [0.4, 0.5) is 85.3 Å². The highest BCUT2D eigenvalue weighted by Crippen LogP contribution is 2.46. The summed E-state index contributed by atoms with van der Waals surface area (Å²) in [6, 6.07) is 176. The maximum Gasteiger partial charge on any atom is 0.0540 e. The van der Waals surface area contributed by atoms with E-state index in [1.54, 1.807) is 0 Å². The fourth-order valence-electron chi connectivity index (χ4n) is 16.2. The summed E-state index contributed by atoms with van der Waals surface area (Å²) in [6.45, 7) is 10.6. The van der Waals surface area contributed by atoms with Crippen molar-refractivity contribution in [1.82, 2.24) is 0 Å². The Balaban J connectivity index is 0.000000110. The second kappa shape index (κ2) is 38.5. The van der Waals surface area contributed by atoms with Crippen LogP contribution in [0.1, 0.15) is 27.8 Å². The first-order valence-electron chi connectivity index (χ1n) is 42.5. The monoisotopic (exact) mass is 1600 g/mol. The van der Waals surface area contributed by atoms with Crippen LogP contribution >= 0.6 is 0 Å². The second-order valence-electron chi connectivity index (χ2n) is 31.3. The second-order valence-corrected chi connectivity index (χ2v) is 31.3. The highest BCUT2D eigenvalue weighted by molar-refractivity contribution is 6.06. The summed E-state index contributed by atoms with van der Waals surface area (Å²) in [4.78, 5) is 11.6. The van der Waals surface area contributed by atoms with E-state index in [9.17, 15) is 0 Å². The molecule has 5 nitrogen and oxygen atoms in total. The van der Waals surface area contributed by atoms with Crippen molar-refractivity contribution >= 4 is 150 Å². The topological polar surface area (TPSA) is 16.2 Å². The summed E-state index contributed by atoms with van der Waals surface area (Å²) >= 11 is 0. The fraction of sp³-hybridized carbons (Fsp3) is 0.0420. The van der Waals surface area contributed by atoms with Crippen LogP contribution in [-0.2, 0) is 0 Å². The van der Waals surface area contributed by atoms with Gasteiger partial charge in [0.25, 0.3) is 0 Å². The highest BCUT2D eigenvalue weighted by Gasteiger charge is 2.21. The number of benzene rings is 21. The number of anilines is 15. The number of fused-ring (bicyclic) bond motifs is 6. The molecule has 0 spiro atoms. The smallest absolute Gasteiger partial charge is 0.0540 e. The first kappa shape index (κ1) is 80.6. The summed E-state index contributed by atoms with van der Waals surface area (Å²) in [7, 11) is 0. The number of hydrogen-bond acceptors (Lipinski definition) is 5. The molecule has 124 heavy (non-hydrogen) atoms. The minimum Gasteiger partial charge on any atom is -0.311 e. The third-order valence-corrected chi connectivity index (χ3v) is 22.5. The van der Waals surface area contributed by atoms with Crippen LogP contribution < -0.4 is 24.5 Å². The molecule has 21 aromatic carbocycles. The maximum atomic E-state index is 2.38. The summed E-state index contributed by atoms with van der Waals surface area (Å²) in [5.74, 6) is 0. The lowest BCUT2D eigenvalue weighted by Crippen LogP contribution is -2.11. The quantitative estimate of drug-likeness (QED) is 0.101. The number of nitrogens with zero attached hydrogens (tertiary/aromatic N) is 5. The van der Waals surface area contributed by atoms with E-state index in [-0.39, 0.29) is 0 Å². The molecular weight excluding hydrogens is 1500 g/mol. The van der Waals surface area contributed by atoms with Gasteiger partial charge < -0.3 is 24.5 Å². The van der Waals surface area contributed by atoms with Gasteiger partial charge in [-0.3, -0.25) is 0 Å². The minimum atomic E-state index is 1.16. The van der Waals surface area contributed by atoms with Gasteiger partial charge in [0.05, 0.1) is 22.7 Å². The Bertz CT molecular complexity index is 6930. The zero-order chi connectivity index (χ0) is 84.3. The van der Waals surface area contributed by atoms with Gasteiger partial charge in [-0.25, -0.2) is 0 Å². The van der Waals surface area contributed by atoms with Crippen LogP contribution in [0.15, 0.2) is 497 Å². The molecule has 0 radical (unpaired) electrons. The van der Waals surface area contributed by atoms with Gasteiger partial charge in [0.1, 0.15) is 0 Å². The molecule has 598 valence electrons. The van der Waals surface area contributed by atoms with Gasteiger partial charge in [0, 0.05) is 84.1 Å². The molecule has 0 amide bonds. The molecule has 5 heteroatoms. The standard InChI is InChI=1S/2C27H21N.2C23H19N.C19H17N/c1-20-16-18-23(19-17-20)28(26-14-6-10-21-8-2-4-12-24(21)26)27-15-7-11-22-9-3-5-13-25(22)27;1-20-13-16-24(17-14-20)28(25-18-15-21-7-2-3-9-23(21)19-25)27-12-6-10-22-8-4-5-11-26(22)27;1-18-14-16-21(17-15-18)24(20-10-3-2-4-11-20)23-13-7-9-19-8-5-6-12-22(19)23;1-18-11-14-22(15-12-18)24(21-9-3-2-4-10-21)23-16-13-19-7-5-6-8-20(19)17-23;1-16-12-14-19(15-13-16)20(17-8-4-2-5-9-17)18-10-6-3-7-11-18/h2*2-19H,1H3;2*2-17H,1H3;2-15H,1H3. The van der Waals surface area contributed by atoms with Crippen molar-refractivity contribution in [3.63, 3.8) is 0 Å². The van der Waals surface area contributed by atoms with E-state index in [4.69, 9.17) is 0 Å². The van der Waals surface area contributed by atoms with Crippen molar-refractivity contribution in [2.75, 3.05) is 24.5 Å². The van der Waals surface area contributed by atoms with E-state index >= 15 is 0 Å². The molecule has 0 aliphatic rings. The molecule has 0 aliphatic carbocycles. The van der Waals surface area contributed by atoms with Crippen LogP contribution in [-0.4, -0.2) is 0 Å². The highest BCUT2D eigenvalue weighted by atomic mass is 15.2. The maximum absolute atomic E-state index is 2.38. The first-order chi connectivity index (χ1) is 61.1. The van der Waals surface area contributed by atoms with Gasteiger partial charge >= 0.3 is 0 Å².